The van der Waals surface area contributed by atoms with Crippen LogP contribution in [0, 0.1) is 0 Å². The van der Waals surface area contributed by atoms with Gasteiger partial charge in [0, 0.05) is 16.7 Å². The average Bonchev–Trinajstić information content (AvgIpc) is 3.37. The molecule has 0 aliphatic rings. The largest absolute Gasteiger partial charge is 0.478 e. The van der Waals surface area contributed by atoms with Gasteiger partial charge in [-0.3, -0.25) is 9.59 Å². The minimum Gasteiger partial charge on any atom is -0.478 e. The third kappa shape index (κ3) is 4.73. The minimum atomic E-state index is -1.18. The van der Waals surface area contributed by atoms with E-state index in [1.54, 1.807) is 17.5 Å². The average molecular weight is 434 g/mol. The Labute approximate surface area is 181 Å². The smallest absolute Gasteiger partial charge is 0.337 e. The van der Waals surface area contributed by atoms with Crippen molar-refractivity contribution in [3.05, 3.63) is 93.4 Å². The van der Waals surface area contributed by atoms with Crippen molar-refractivity contribution >= 4 is 40.0 Å². The molecule has 0 bridgehead atoms. The fourth-order valence-electron chi connectivity index (χ4n) is 3.25. The lowest BCUT2D eigenvalue weighted by Crippen LogP contribution is -2.12. The number of benzene rings is 2. The summed E-state index contributed by atoms with van der Waals surface area (Å²) < 4.78 is 10.8. The third-order valence-corrected chi connectivity index (χ3v) is 5.79. The maximum atomic E-state index is 12.7. The van der Waals surface area contributed by atoms with Crippen molar-refractivity contribution in [2.45, 2.75) is 19.4 Å². The van der Waals surface area contributed by atoms with E-state index in [0.29, 0.717) is 16.0 Å². The monoisotopic (exact) mass is 434 g/mol. The second-order valence-corrected chi connectivity index (χ2v) is 7.90. The van der Waals surface area contributed by atoms with Crippen molar-refractivity contribution in [1.29, 1.82) is 0 Å². The number of furan rings is 1. The molecule has 0 aliphatic heterocycles. The van der Waals surface area contributed by atoms with Crippen molar-refractivity contribution in [3.63, 3.8) is 0 Å². The Morgan fingerprint density at radius 2 is 1.71 bits per heavy atom. The van der Waals surface area contributed by atoms with Crippen molar-refractivity contribution < 1.29 is 28.6 Å². The topological polar surface area (TPSA) is 93.8 Å². The van der Waals surface area contributed by atoms with Gasteiger partial charge >= 0.3 is 11.9 Å². The highest BCUT2D eigenvalue weighted by molar-refractivity contribution is 7.10. The molecule has 4 rings (SSSR count). The highest BCUT2D eigenvalue weighted by Crippen LogP contribution is 2.27. The Hall–Kier alpha value is -3.71. The van der Waals surface area contributed by atoms with Gasteiger partial charge in [-0.1, -0.05) is 48.5 Å². The predicted molar refractivity (Wildman–Crippen MR) is 115 cm³/mol. The number of fused-ring (bicyclic) bond motifs is 1. The summed E-state index contributed by atoms with van der Waals surface area (Å²) in [4.78, 5) is 37.1. The molecule has 4 aromatic rings. The number of aromatic carboxylic acids is 1. The fraction of sp³-hybridized carbons (Fsp3) is 0.125. The SMILES string of the molecule is O=C(Cc1csc(CC(=O)c2cc3ccccc3o2)c1C(=O)O)OCc1ccccc1. The molecular formula is C24H18O6S. The second-order valence-electron chi connectivity index (χ2n) is 6.94. The first kappa shape index (κ1) is 20.6. The first-order chi connectivity index (χ1) is 15.0. The van der Waals surface area contributed by atoms with Crippen LogP contribution >= 0.6 is 11.3 Å². The summed E-state index contributed by atoms with van der Waals surface area (Å²) in [7, 11) is 0. The van der Waals surface area contributed by atoms with Gasteiger partial charge in [0.15, 0.2) is 5.76 Å². The van der Waals surface area contributed by atoms with E-state index >= 15 is 0 Å². The van der Waals surface area contributed by atoms with E-state index in [4.69, 9.17) is 9.15 Å². The first-order valence-electron chi connectivity index (χ1n) is 9.55. The second kappa shape index (κ2) is 8.97. The zero-order valence-electron chi connectivity index (χ0n) is 16.4. The van der Waals surface area contributed by atoms with Crippen molar-refractivity contribution in [1.82, 2.24) is 0 Å². The number of carbonyl (C=O) groups excluding carboxylic acids is 2. The van der Waals surface area contributed by atoms with E-state index in [0.717, 1.165) is 22.3 Å². The molecule has 2 heterocycles. The van der Waals surface area contributed by atoms with E-state index < -0.39 is 11.9 Å². The van der Waals surface area contributed by atoms with Crippen LogP contribution in [0.3, 0.4) is 0 Å². The molecule has 1 N–H and O–H groups in total. The van der Waals surface area contributed by atoms with E-state index in [1.165, 1.54) is 0 Å². The van der Waals surface area contributed by atoms with Gasteiger partial charge in [-0.25, -0.2) is 4.79 Å². The van der Waals surface area contributed by atoms with Crippen LogP contribution in [0.5, 0.6) is 0 Å². The number of carboxylic acids is 1. The number of ketones is 1. The quantitative estimate of drug-likeness (QED) is 0.313. The van der Waals surface area contributed by atoms with Gasteiger partial charge in [0.05, 0.1) is 12.0 Å². The maximum absolute atomic E-state index is 12.7. The molecule has 0 radical (unpaired) electrons. The summed E-state index contributed by atoms with van der Waals surface area (Å²) >= 11 is 1.14. The predicted octanol–water partition coefficient (Wildman–Crippen LogP) is 4.90. The highest BCUT2D eigenvalue weighted by atomic mass is 32.1. The van der Waals surface area contributed by atoms with Gasteiger partial charge in [-0.2, -0.15) is 0 Å². The van der Waals surface area contributed by atoms with Crippen LogP contribution in [-0.4, -0.2) is 22.8 Å². The standard InChI is InChI=1S/C24H18O6S/c25-18(20-10-16-8-4-5-9-19(16)30-20)12-21-23(24(27)28)17(14-31-21)11-22(26)29-13-15-6-2-1-3-7-15/h1-10,14H,11-13H2,(H,27,28). The van der Waals surface area contributed by atoms with Gasteiger partial charge in [-0.15, -0.1) is 11.3 Å². The van der Waals surface area contributed by atoms with E-state index in [2.05, 4.69) is 0 Å². The molecule has 0 saturated carbocycles. The molecule has 2 aromatic carbocycles. The highest BCUT2D eigenvalue weighted by Gasteiger charge is 2.24. The van der Waals surface area contributed by atoms with Gasteiger partial charge in [0.2, 0.25) is 5.78 Å². The number of hydrogen-bond donors (Lipinski definition) is 1. The molecule has 0 amide bonds. The molecule has 0 aliphatic carbocycles. The van der Waals surface area contributed by atoms with Crippen LogP contribution in [0.25, 0.3) is 11.0 Å². The molecule has 31 heavy (non-hydrogen) atoms. The van der Waals surface area contributed by atoms with Gasteiger partial charge in [0.1, 0.15) is 12.2 Å². The van der Waals surface area contributed by atoms with E-state index in [1.807, 2.05) is 48.5 Å². The van der Waals surface area contributed by atoms with Crippen LogP contribution in [0.2, 0.25) is 0 Å². The molecule has 0 unspecified atom stereocenters. The number of rotatable bonds is 8. The normalized spacial score (nSPS) is 10.8. The third-order valence-electron chi connectivity index (χ3n) is 4.76. The molecule has 0 saturated heterocycles. The summed E-state index contributed by atoms with van der Waals surface area (Å²) in [6.07, 6.45) is -0.297. The molecule has 0 atom stereocenters. The number of esters is 1. The maximum Gasteiger partial charge on any atom is 0.337 e. The van der Waals surface area contributed by atoms with Gasteiger partial charge in [0.25, 0.3) is 0 Å². The number of hydrogen-bond acceptors (Lipinski definition) is 6. The van der Waals surface area contributed by atoms with Crippen LogP contribution in [0.15, 0.2) is 70.5 Å². The van der Waals surface area contributed by atoms with Crippen LogP contribution in [-0.2, 0) is 29.0 Å². The Morgan fingerprint density at radius 3 is 2.45 bits per heavy atom. The van der Waals surface area contributed by atoms with E-state index in [9.17, 15) is 19.5 Å². The van der Waals surface area contributed by atoms with E-state index in [-0.39, 0.29) is 36.6 Å². The van der Waals surface area contributed by atoms with Crippen molar-refractivity contribution in [2.75, 3.05) is 0 Å². The zero-order chi connectivity index (χ0) is 21.8. The van der Waals surface area contributed by atoms with Crippen molar-refractivity contribution in [3.8, 4) is 0 Å². The number of thiophene rings is 1. The minimum absolute atomic E-state index is 0.0221. The van der Waals surface area contributed by atoms with Gasteiger partial charge < -0.3 is 14.3 Å². The summed E-state index contributed by atoms with van der Waals surface area (Å²) in [6.45, 7) is 0.115. The number of para-hydroxylation sites is 1. The number of ether oxygens (including phenoxy) is 1. The number of carbonyl (C=O) groups is 3. The van der Waals surface area contributed by atoms with Crippen molar-refractivity contribution in [2.24, 2.45) is 0 Å². The number of Topliss-reactive ketones (excluding diaryl/α,β-unsaturated/α-hetero) is 1. The van der Waals surface area contributed by atoms with Gasteiger partial charge in [-0.05, 0) is 28.6 Å². The molecule has 2 aromatic heterocycles. The number of carboxylic acid groups (broad SMARTS) is 1. The zero-order valence-corrected chi connectivity index (χ0v) is 17.2. The lowest BCUT2D eigenvalue weighted by atomic mass is 10.0. The molecule has 156 valence electrons. The molecule has 0 fully saturated rings. The fourth-order valence-corrected chi connectivity index (χ4v) is 4.29. The summed E-state index contributed by atoms with van der Waals surface area (Å²) in [6, 6.07) is 18.1. The Bertz CT molecular complexity index is 1220. The Morgan fingerprint density at radius 1 is 0.968 bits per heavy atom. The summed E-state index contributed by atoms with van der Waals surface area (Å²) in [5.74, 6) is -1.85. The first-order valence-corrected chi connectivity index (χ1v) is 10.4. The Kier molecular flexibility index (Phi) is 5.95. The van der Waals surface area contributed by atoms with Crippen LogP contribution < -0.4 is 0 Å². The Balaban J connectivity index is 1.47. The molecular weight excluding hydrogens is 416 g/mol. The lowest BCUT2D eigenvalue weighted by Gasteiger charge is -2.05. The summed E-state index contributed by atoms with van der Waals surface area (Å²) in [5, 5.41) is 12.1. The molecule has 0 spiro atoms. The lowest BCUT2D eigenvalue weighted by molar-refractivity contribution is -0.144. The molecule has 7 heteroatoms. The summed E-state index contributed by atoms with van der Waals surface area (Å²) in [5.41, 5.74) is 1.75. The van der Waals surface area contributed by atoms with Crippen LogP contribution in [0.4, 0.5) is 0 Å². The van der Waals surface area contributed by atoms with Crippen LogP contribution in [0.1, 0.15) is 36.9 Å². The molecule has 6 nitrogen and oxygen atoms in total.